The van der Waals surface area contributed by atoms with Crippen LogP contribution in [0, 0.1) is 0 Å². The zero-order valence-corrected chi connectivity index (χ0v) is 12.7. The van der Waals surface area contributed by atoms with Gasteiger partial charge in [-0.1, -0.05) is 25.1 Å². The minimum Gasteiger partial charge on any atom is -0.389 e. The van der Waals surface area contributed by atoms with E-state index in [2.05, 4.69) is 0 Å². The van der Waals surface area contributed by atoms with Gasteiger partial charge in [0.25, 0.3) is 0 Å². The first-order valence-electron chi connectivity index (χ1n) is 7.44. The Labute approximate surface area is 126 Å². The molecular weight excluding hydrogens is 268 g/mol. The number of carbonyl (C=O) groups excluding carboxylic acids is 1. The van der Waals surface area contributed by atoms with Crippen molar-refractivity contribution in [1.29, 1.82) is 0 Å². The Morgan fingerprint density at radius 3 is 2.76 bits per heavy atom. The fourth-order valence-electron chi connectivity index (χ4n) is 2.86. The Hall–Kier alpha value is -1.43. The van der Waals surface area contributed by atoms with Crippen molar-refractivity contribution in [3.05, 3.63) is 30.3 Å². The maximum absolute atomic E-state index is 12.6. The molecule has 0 spiro atoms. The smallest absolute Gasteiger partial charge is 0.244 e. The Morgan fingerprint density at radius 2 is 2.14 bits per heavy atom. The fourth-order valence-corrected chi connectivity index (χ4v) is 2.86. The molecule has 1 aliphatic rings. The third-order valence-electron chi connectivity index (χ3n) is 3.90. The van der Waals surface area contributed by atoms with Crippen LogP contribution < -0.4 is 4.90 Å². The van der Waals surface area contributed by atoms with E-state index in [0.717, 1.165) is 25.2 Å². The van der Waals surface area contributed by atoms with Crippen LogP contribution in [-0.4, -0.2) is 61.4 Å². The van der Waals surface area contributed by atoms with Crippen LogP contribution >= 0.6 is 0 Å². The van der Waals surface area contributed by atoms with Crippen LogP contribution in [0.4, 0.5) is 5.69 Å². The largest absolute Gasteiger partial charge is 0.389 e. The van der Waals surface area contributed by atoms with E-state index in [9.17, 15) is 9.90 Å². The Kier molecular flexibility index (Phi) is 5.73. The molecule has 1 saturated heterocycles. The summed E-state index contributed by atoms with van der Waals surface area (Å²) in [5.74, 6) is 0.118. The number of amides is 1. The van der Waals surface area contributed by atoms with Gasteiger partial charge in [-0.2, -0.15) is 0 Å². The number of aliphatic hydroxyl groups excluding tert-OH is 1. The van der Waals surface area contributed by atoms with Crippen LogP contribution in [0.3, 0.4) is 0 Å². The van der Waals surface area contributed by atoms with Crippen LogP contribution in [0.1, 0.15) is 13.3 Å². The van der Waals surface area contributed by atoms with Gasteiger partial charge in [0.1, 0.15) is 0 Å². The molecule has 1 amide bonds. The highest BCUT2D eigenvalue weighted by Crippen LogP contribution is 2.24. The van der Waals surface area contributed by atoms with E-state index in [1.165, 1.54) is 0 Å². The van der Waals surface area contributed by atoms with E-state index in [1.54, 1.807) is 7.11 Å². The van der Waals surface area contributed by atoms with Crippen LogP contribution in [-0.2, 0) is 9.53 Å². The molecule has 0 radical (unpaired) electrons. The highest BCUT2D eigenvalue weighted by atomic mass is 16.5. The molecule has 1 aliphatic heterocycles. The standard InChI is InChI=1S/C16H24N2O3/c1-3-17(11-14(19)12-21-2)15-9-10-18(16(15)20)13-7-5-4-6-8-13/h4-8,14-15,19H,3,9-12H2,1-2H3/t14-,15-/m1/s1. The van der Waals surface area contributed by atoms with E-state index in [-0.39, 0.29) is 11.9 Å². The van der Waals surface area contributed by atoms with E-state index in [0.29, 0.717) is 13.2 Å². The summed E-state index contributed by atoms with van der Waals surface area (Å²) in [5.41, 5.74) is 0.943. The molecule has 0 aromatic heterocycles. The molecule has 1 aromatic rings. The van der Waals surface area contributed by atoms with Gasteiger partial charge in [0.05, 0.1) is 18.8 Å². The van der Waals surface area contributed by atoms with Crippen molar-refractivity contribution >= 4 is 11.6 Å². The second kappa shape index (κ2) is 7.54. The molecule has 1 aromatic carbocycles. The Balaban J connectivity index is 2.02. The lowest BCUT2D eigenvalue weighted by molar-refractivity contribution is -0.122. The van der Waals surface area contributed by atoms with Crippen molar-refractivity contribution in [3.8, 4) is 0 Å². The van der Waals surface area contributed by atoms with Crippen LogP contribution in [0.25, 0.3) is 0 Å². The van der Waals surface area contributed by atoms with Crippen LogP contribution in [0.15, 0.2) is 30.3 Å². The minimum absolute atomic E-state index is 0.118. The fraction of sp³-hybridized carbons (Fsp3) is 0.562. The number of aliphatic hydroxyl groups is 1. The first kappa shape index (κ1) is 15.9. The molecule has 21 heavy (non-hydrogen) atoms. The van der Waals surface area contributed by atoms with Gasteiger partial charge < -0.3 is 14.7 Å². The van der Waals surface area contributed by atoms with Crippen molar-refractivity contribution in [2.24, 2.45) is 0 Å². The lowest BCUT2D eigenvalue weighted by Crippen LogP contribution is -2.46. The van der Waals surface area contributed by atoms with Crippen molar-refractivity contribution in [3.63, 3.8) is 0 Å². The van der Waals surface area contributed by atoms with Crippen molar-refractivity contribution in [2.75, 3.05) is 38.3 Å². The normalized spacial score (nSPS) is 20.3. The van der Waals surface area contributed by atoms with Gasteiger partial charge in [-0.3, -0.25) is 9.69 Å². The van der Waals surface area contributed by atoms with Crippen molar-refractivity contribution in [2.45, 2.75) is 25.5 Å². The molecule has 1 N–H and O–H groups in total. The van der Waals surface area contributed by atoms with Crippen LogP contribution in [0.2, 0.25) is 0 Å². The summed E-state index contributed by atoms with van der Waals surface area (Å²) in [6.45, 7) is 4.23. The molecule has 1 fully saturated rings. The number of nitrogens with zero attached hydrogens (tertiary/aromatic N) is 2. The maximum atomic E-state index is 12.6. The highest BCUT2D eigenvalue weighted by molar-refractivity contribution is 5.99. The summed E-state index contributed by atoms with van der Waals surface area (Å²) in [5, 5.41) is 9.89. The monoisotopic (exact) mass is 292 g/mol. The zero-order chi connectivity index (χ0) is 15.2. The number of carbonyl (C=O) groups is 1. The van der Waals surface area contributed by atoms with Gasteiger partial charge in [-0.15, -0.1) is 0 Å². The molecule has 2 atom stereocenters. The summed E-state index contributed by atoms with van der Waals surface area (Å²) in [4.78, 5) is 16.5. The Morgan fingerprint density at radius 1 is 1.43 bits per heavy atom. The van der Waals surface area contributed by atoms with Gasteiger partial charge in [-0.05, 0) is 25.1 Å². The Bertz CT molecular complexity index is 452. The van der Waals surface area contributed by atoms with E-state index in [4.69, 9.17) is 4.74 Å². The lowest BCUT2D eigenvalue weighted by Gasteiger charge is -2.28. The second-order valence-electron chi connectivity index (χ2n) is 5.33. The van der Waals surface area contributed by atoms with E-state index < -0.39 is 6.10 Å². The van der Waals surface area contributed by atoms with E-state index >= 15 is 0 Å². The average molecular weight is 292 g/mol. The molecule has 1 heterocycles. The zero-order valence-electron chi connectivity index (χ0n) is 12.7. The van der Waals surface area contributed by atoms with Gasteiger partial charge in [0, 0.05) is 25.9 Å². The number of hydrogen-bond donors (Lipinski definition) is 1. The van der Waals surface area contributed by atoms with Gasteiger partial charge in [0.2, 0.25) is 5.91 Å². The summed E-state index contributed by atoms with van der Waals surface area (Å²) in [7, 11) is 1.57. The number of para-hydroxylation sites is 1. The summed E-state index contributed by atoms with van der Waals surface area (Å²) in [6.07, 6.45) is 0.231. The summed E-state index contributed by atoms with van der Waals surface area (Å²) >= 11 is 0. The number of rotatable bonds is 7. The number of methoxy groups -OCH3 is 1. The minimum atomic E-state index is -0.562. The molecule has 5 heteroatoms. The predicted octanol–water partition coefficient (Wildman–Crippen LogP) is 1.12. The molecule has 2 rings (SSSR count). The number of likely N-dealkylation sites (N-methyl/N-ethyl adjacent to an activating group) is 1. The quantitative estimate of drug-likeness (QED) is 0.818. The molecular formula is C16H24N2O3. The first-order valence-corrected chi connectivity index (χ1v) is 7.44. The topological polar surface area (TPSA) is 53.0 Å². The van der Waals surface area contributed by atoms with E-state index in [1.807, 2.05) is 47.1 Å². The molecule has 116 valence electrons. The number of ether oxygens (including phenoxy) is 1. The van der Waals surface area contributed by atoms with Gasteiger partial charge >= 0.3 is 0 Å². The maximum Gasteiger partial charge on any atom is 0.244 e. The average Bonchev–Trinajstić information content (AvgIpc) is 2.88. The lowest BCUT2D eigenvalue weighted by atomic mass is 10.2. The number of hydrogen-bond acceptors (Lipinski definition) is 4. The van der Waals surface area contributed by atoms with Gasteiger partial charge in [0.15, 0.2) is 0 Å². The predicted molar refractivity (Wildman–Crippen MR) is 82.3 cm³/mol. The summed E-state index contributed by atoms with van der Waals surface area (Å²) < 4.78 is 4.96. The van der Waals surface area contributed by atoms with Crippen molar-refractivity contribution in [1.82, 2.24) is 4.90 Å². The first-order chi connectivity index (χ1) is 10.2. The number of benzene rings is 1. The number of anilines is 1. The molecule has 0 bridgehead atoms. The van der Waals surface area contributed by atoms with Gasteiger partial charge in [-0.25, -0.2) is 0 Å². The van der Waals surface area contributed by atoms with Crippen LogP contribution in [0.5, 0.6) is 0 Å². The SMILES string of the molecule is CCN(C[C@@H](O)COC)[C@@H]1CCN(c2ccccc2)C1=O. The summed E-state index contributed by atoms with van der Waals surface area (Å²) in [6, 6.07) is 9.58. The van der Waals surface area contributed by atoms with Crippen molar-refractivity contribution < 1.29 is 14.6 Å². The molecule has 0 aliphatic carbocycles. The third-order valence-corrected chi connectivity index (χ3v) is 3.90. The molecule has 0 saturated carbocycles. The second-order valence-corrected chi connectivity index (χ2v) is 5.33. The highest BCUT2D eigenvalue weighted by Gasteiger charge is 2.36. The molecule has 5 nitrogen and oxygen atoms in total. The third kappa shape index (κ3) is 3.81. The molecule has 0 unspecified atom stereocenters.